The normalized spacial score (nSPS) is 11.3. The van der Waals surface area contributed by atoms with Gasteiger partial charge in [0.1, 0.15) is 11.1 Å². The average molecular weight is 615 g/mol. The highest BCUT2D eigenvalue weighted by Gasteiger charge is 2.21. The van der Waals surface area contributed by atoms with Gasteiger partial charge in [-0.15, -0.1) is 0 Å². The smallest absolute Gasteiger partial charge is 0.161 e. The summed E-state index contributed by atoms with van der Waals surface area (Å²) in [6, 6.07) is 62.1. The lowest BCUT2D eigenvalue weighted by Gasteiger charge is -2.27. The van der Waals surface area contributed by atoms with E-state index in [-0.39, 0.29) is 0 Å². The molecule has 0 aliphatic rings. The van der Waals surface area contributed by atoms with E-state index >= 15 is 0 Å². The number of nitrogens with zero attached hydrogens (tertiary/aromatic N) is 2. The first kappa shape index (κ1) is 27.8. The Morgan fingerprint density at radius 1 is 0.438 bits per heavy atom. The zero-order valence-electron chi connectivity index (χ0n) is 26.1. The van der Waals surface area contributed by atoms with Crippen LogP contribution in [-0.4, -0.2) is 4.98 Å². The van der Waals surface area contributed by atoms with Crippen LogP contribution in [0.15, 0.2) is 187 Å². The number of hydrogen-bond acceptors (Lipinski definition) is 3. The fourth-order valence-corrected chi connectivity index (χ4v) is 6.78. The lowest BCUT2D eigenvalue weighted by Crippen LogP contribution is -2.10. The van der Waals surface area contributed by atoms with E-state index in [1.54, 1.807) is 0 Å². The molecule has 3 nitrogen and oxygen atoms in total. The van der Waals surface area contributed by atoms with Crippen molar-refractivity contribution >= 4 is 49.9 Å². The van der Waals surface area contributed by atoms with Crippen molar-refractivity contribution in [1.29, 1.82) is 0 Å². The zero-order valence-corrected chi connectivity index (χ0v) is 26.1. The van der Waals surface area contributed by atoms with Crippen LogP contribution in [0, 0.1) is 0 Å². The van der Waals surface area contributed by atoms with Crippen molar-refractivity contribution in [3.05, 3.63) is 182 Å². The maximum Gasteiger partial charge on any atom is 0.161 e. The molecule has 0 fully saturated rings. The highest BCUT2D eigenvalue weighted by Crippen LogP contribution is 2.45. The van der Waals surface area contributed by atoms with E-state index in [1.165, 1.54) is 22.3 Å². The number of hydrogen-bond donors (Lipinski definition) is 0. The molecule has 9 aromatic rings. The van der Waals surface area contributed by atoms with Gasteiger partial charge in [-0.25, -0.2) is 0 Å². The van der Waals surface area contributed by atoms with E-state index in [4.69, 9.17) is 9.40 Å². The first-order chi connectivity index (χ1) is 23.8. The summed E-state index contributed by atoms with van der Waals surface area (Å²) in [5.74, 6) is 0. The van der Waals surface area contributed by atoms with Gasteiger partial charge in [-0.1, -0.05) is 127 Å². The average Bonchev–Trinajstić information content (AvgIpc) is 3.56. The van der Waals surface area contributed by atoms with Crippen molar-refractivity contribution in [1.82, 2.24) is 4.98 Å². The molecule has 0 radical (unpaired) electrons. The molecule has 0 spiro atoms. The molecule has 0 N–H and O–H groups in total. The van der Waals surface area contributed by atoms with Crippen molar-refractivity contribution in [2.45, 2.75) is 0 Å². The lowest BCUT2D eigenvalue weighted by molar-refractivity contribution is 0.671. The molecule has 0 saturated heterocycles. The highest BCUT2D eigenvalue weighted by molar-refractivity contribution is 6.18. The Labute approximate surface area is 279 Å². The molecule has 0 aliphatic heterocycles. The maximum absolute atomic E-state index is 6.57. The van der Waals surface area contributed by atoms with Crippen LogP contribution in [0.25, 0.3) is 66.2 Å². The second kappa shape index (κ2) is 11.7. The van der Waals surface area contributed by atoms with Crippen LogP contribution < -0.4 is 4.90 Å². The summed E-state index contributed by atoms with van der Waals surface area (Å²) in [4.78, 5) is 7.06. The van der Waals surface area contributed by atoms with Gasteiger partial charge in [0.25, 0.3) is 0 Å². The Hall–Kier alpha value is -6.45. The molecule has 7 aromatic carbocycles. The summed E-state index contributed by atoms with van der Waals surface area (Å²) in [6.07, 6.45) is 1.83. The van der Waals surface area contributed by atoms with Gasteiger partial charge < -0.3 is 9.32 Å². The molecule has 0 amide bonds. The molecule has 226 valence electrons. The second-order valence-corrected chi connectivity index (χ2v) is 12.0. The number of fused-ring (bicyclic) bond motifs is 5. The van der Waals surface area contributed by atoms with E-state index in [2.05, 4.69) is 175 Å². The third kappa shape index (κ3) is 4.90. The summed E-state index contributed by atoms with van der Waals surface area (Å²) in [7, 11) is 0. The first-order valence-electron chi connectivity index (χ1n) is 16.2. The summed E-state index contributed by atoms with van der Waals surface area (Å²) < 4.78 is 6.57. The Morgan fingerprint density at radius 2 is 1.00 bits per heavy atom. The zero-order chi connectivity index (χ0) is 31.9. The number of rotatable bonds is 6. The van der Waals surface area contributed by atoms with Gasteiger partial charge in [-0.2, -0.15) is 0 Å². The molecule has 0 bridgehead atoms. The van der Waals surface area contributed by atoms with Gasteiger partial charge in [-0.3, -0.25) is 4.98 Å². The van der Waals surface area contributed by atoms with E-state index in [1.807, 2.05) is 12.3 Å². The quantitative estimate of drug-likeness (QED) is 0.187. The molecule has 0 unspecified atom stereocenters. The van der Waals surface area contributed by atoms with Gasteiger partial charge in [0.15, 0.2) is 5.58 Å². The lowest BCUT2D eigenvalue weighted by atomic mass is 9.99. The van der Waals surface area contributed by atoms with Crippen molar-refractivity contribution in [3.8, 4) is 33.4 Å². The molecule has 0 aliphatic carbocycles. The molecule has 0 saturated carbocycles. The first-order valence-corrected chi connectivity index (χ1v) is 16.2. The molecule has 48 heavy (non-hydrogen) atoms. The van der Waals surface area contributed by atoms with Crippen LogP contribution >= 0.6 is 0 Å². The minimum Gasteiger partial charge on any atom is -0.454 e. The third-order valence-electron chi connectivity index (χ3n) is 9.10. The number of anilines is 3. The fraction of sp³-hybridized carbons (Fsp3) is 0. The third-order valence-corrected chi connectivity index (χ3v) is 9.10. The summed E-state index contributed by atoms with van der Waals surface area (Å²) in [6.45, 7) is 0. The van der Waals surface area contributed by atoms with Gasteiger partial charge >= 0.3 is 0 Å². The molecule has 0 atom stereocenters. The van der Waals surface area contributed by atoms with Crippen LogP contribution in [0.1, 0.15) is 0 Å². The molecule has 3 heteroatoms. The topological polar surface area (TPSA) is 29.3 Å². The monoisotopic (exact) mass is 614 g/mol. The highest BCUT2D eigenvalue weighted by atomic mass is 16.3. The number of benzene rings is 7. The molecule has 2 heterocycles. The van der Waals surface area contributed by atoms with Crippen LogP contribution in [-0.2, 0) is 0 Å². The van der Waals surface area contributed by atoms with E-state index in [0.29, 0.717) is 0 Å². The van der Waals surface area contributed by atoms with Gasteiger partial charge in [-0.05, 0) is 81.9 Å². The summed E-state index contributed by atoms with van der Waals surface area (Å²) >= 11 is 0. The van der Waals surface area contributed by atoms with Crippen LogP contribution in [0.2, 0.25) is 0 Å². The fourth-order valence-electron chi connectivity index (χ4n) is 6.78. The van der Waals surface area contributed by atoms with Crippen LogP contribution in [0.5, 0.6) is 0 Å². The van der Waals surface area contributed by atoms with Crippen molar-refractivity contribution in [2.75, 3.05) is 4.90 Å². The van der Waals surface area contributed by atoms with Crippen molar-refractivity contribution < 1.29 is 4.42 Å². The second-order valence-electron chi connectivity index (χ2n) is 12.0. The Kier molecular flexibility index (Phi) is 6.80. The molecular weight excluding hydrogens is 585 g/mol. The number of furan rings is 1. The summed E-state index contributed by atoms with van der Waals surface area (Å²) in [5, 5.41) is 3.16. The predicted molar refractivity (Wildman–Crippen MR) is 200 cm³/mol. The SMILES string of the molecule is c1ccc(-c2ccc(-c3cccc(N(c4cccc(-c5ccccc5)c4)c4cccc5oc6c(ccc7cccnc76)c45)c3)cc2)cc1. The number of aromatic nitrogens is 1. The van der Waals surface area contributed by atoms with Gasteiger partial charge in [0, 0.05) is 28.3 Å². The minimum absolute atomic E-state index is 0.806. The van der Waals surface area contributed by atoms with Crippen LogP contribution in [0.4, 0.5) is 17.1 Å². The van der Waals surface area contributed by atoms with Gasteiger partial charge in [0.05, 0.1) is 11.1 Å². The Morgan fingerprint density at radius 3 is 1.67 bits per heavy atom. The Balaban J connectivity index is 1.24. The molecular formula is C45H30N2O. The van der Waals surface area contributed by atoms with Crippen molar-refractivity contribution in [3.63, 3.8) is 0 Å². The minimum atomic E-state index is 0.806. The van der Waals surface area contributed by atoms with Crippen LogP contribution in [0.3, 0.4) is 0 Å². The standard InChI is InChI=1S/C45H30N2O/c1-3-11-31(12-4-1)33-22-24-34(25-23-33)37-16-8-19-39(30-37)47(38-18-7-15-36(29-38)32-13-5-2-6-14-32)41-20-9-21-42-43(41)40-27-26-35-17-10-28-46-44(35)45(40)48-42/h1-30H. The number of pyridine rings is 1. The van der Waals surface area contributed by atoms with E-state index in [0.717, 1.165) is 61.0 Å². The van der Waals surface area contributed by atoms with Gasteiger partial charge in [0.2, 0.25) is 0 Å². The van der Waals surface area contributed by atoms with E-state index < -0.39 is 0 Å². The molecule has 2 aromatic heterocycles. The molecule has 9 rings (SSSR count). The summed E-state index contributed by atoms with van der Waals surface area (Å²) in [5.41, 5.74) is 12.7. The predicted octanol–water partition coefficient (Wildman–Crippen LogP) is 12.6. The van der Waals surface area contributed by atoms with E-state index in [9.17, 15) is 0 Å². The Bertz CT molecular complexity index is 2550. The maximum atomic E-state index is 6.57. The van der Waals surface area contributed by atoms with Crippen molar-refractivity contribution in [2.24, 2.45) is 0 Å². The largest absolute Gasteiger partial charge is 0.454 e.